The average molecular weight is 301 g/mol. The Balaban J connectivity index is 2.82. The van der Waals surface area contributed by atoms with Gasteiger partial charge in [0.1, 0.15) is 5.75 Å². The molecule has 0 aliphatic heterocycles. The fourth-order valence-electron chi connectivity index (χ4n) is 1.34. The van der Waals surface area contributed by atoms with E-state index in [1.807, 2.05) is 12.1 Å². The van der Waals surface area contributed by atoms with Crippen LogP contribution < -0.4 is 10.3 Å². The normalized spacial score (nSPS) is 10.4. The van der Waals surface area contributed by atoms with Crippen LogP contribution in [-0.2, 0) is 0 Å². The number of pyridine rings is 1. The highest BCUT2D eigenvalue weighted by Crippen LogP contribution is 2.18. The van der Waals surface area contributed by atoms with Crippen LogP contribution in [0.4, 0.5) is 0 Å². The minimum absolute atomic E-state index is 0.0606. The quantitative estimate of drug-likeness (QED) is 0.648. The maximum atomic E-state index is 11.5. The van der Waals surface area contributed by atoms with Gasteiger partial charge in [0.2, 0.25) is 0 Å². The first kappa shape index (κ1) is 9.51. The Morgan fingerprint density at radius 3 is 2.86 bits per heavy atom. The summed E-state index contributed by atoms with van der Waals surface area (Å²) in [5.41, 5.74) is -0.0606. The van der Waals surface area contributed by atoms with Crippen molar-refractivity contribution in [3.8, 4) is 5.75 Å². The minimum atomic E-state index is -0.0606. The van der Waals surface area contributed by atoms with Gasteiger partial charge in [0.25, 0.3) is 5.56 Å². The van der Waals surface area contributed by atoms with Crippen molar-refractivity contribution < 1.29 is 4.74 Å². The molecule has 0 saturated carbocycles. The minimum Gasteiger partial charge on any atom is -0.497 e. The highest BCUT2D eigenvalue weighted by Gasteiger charge is 2.01. The number of hydrogen-bond acceptors (Lipinski definition) is 2. The maximum absolute atomic E-state index is 11.5. The molecule has 0 saturated heterocycles. The van der Waals surface area contributed by atoms with Crippen LogP contribution in [0.5, 0.6) is 5.75 Å². The monoisotopic (exact) mass is 301 g/mol. The van der Waals surface area contributed by atoms with Crippen LogP contribution in [0, 0.1) is 3.70 Å². The van der Waals surface area contributed by atoms with E-state index >= 15 is 0 Å². The van der Waals surface area contributed by atoms with E-state index in [0.29, 0.717) is 5.39 Å². The highest BCUT2D eigenvalue weighted by atomic mass is 127. The summed E-state index contributed by atoms with van der Waals surface area (Å²) in [5, 5.41) is 1.59. The Bertz CT molecular complexity index is 533. The number of benzene rings is 1. The molecule has 1 heterocycles. The molecule has 0 aliphatic carbocycles. The van der Waals surface area contributed by atoms with Crippen LogP contribution in [0.25, 0.3) is 10.8 Å². The van der Waals surface area contributed by atoms with E-state index in [0.717, 1.165) is 14.8 Å². The number of ether oxygens (including phenoxy) is 1. The number of aromatic nitrogens is 1. The molecule has 1 aromatic carbocycles. The molecular weight excluding hydrogens is 293 g/mol. The molecular formula is C10H8INO2. The first-order valence-corrected chi connectivity index (χ1v) is 5.15. The fourth-order valence-corrected chi connectivity index (χ4v) is 1.92. The van der Waals surface area contributed by atoms with E-state index in [1.54, 1.807) is 19.2 Å². The summed E-state index contributed by atoms with van der Waals surface area (Å²) < 4.78 is 5.91. The summed E-state index contributed by atoms with van der Waals surface area (Å²) in [6.07, 6.45) is 0. The highest BCUT2D eigenvalue weighted by molar-refractivity contribution is 14.1. The SMILES string of the molecule is COc1ccc2c(=O)[nH]c(I)cc2c1. The average Bonchev–Trinajstić information content (AvgIpc) is 2.16. The molecule has 0 spiro atoms. The van der Waals surface area contributed by atoms with Crippen molar-refractivity contribution in [3.63, 3.8) is 0 Å². The second-order valence-corrected chi connectivity index (χ2v) is 4.06. The molecule has 2 aromatic rings. The predicted octanol–water partition coefficient (Wildman–Crippen LogP) is 2.14. The Kier molecular flexibility index (Phi) is 2.45. The summed E-state index contributed by atoms with van der Waals surface area (Å²) in [6, 6.07) is 7.32. The molecule has 3 nitrogen and oxygen atoms in total. The zero-order valence-electron chi connectivity index (χ0n) is 7.50. The molecule has 1 N–H and O–H groups in total. The smallest absolute Gasteiger partial charge is 0.256 e. The van der Waals surface area contributed by atoms with Crippen molar-refractivity contribution in [2.75, 3.05) is 7.11 Å². The van der Waals surface area contributed by atoms with Gasteiger partial charge in [-0.2, -0.15) is 0 Å². The van der Waals surface area contributed by atoms with Crippen molar-refractivity contribution in [1.29, 1.82) is 0 Å². The standard InChI is InChI=1S/C10H8INO2/c1-14-7-2-3-8-6(4-7)5-9(11)12-10(8)13/h2-5H,1H3,(H,12,13). The fraction of sp³-hybridized carbons (Fsp3) is 0.100. The third kappa shape index (κ3) is 1.61. The topological polar surface area (TPSA) is 42.1 Å². The predicted molar refractivity (Wildman–Crippen MR) is 63.8 cm³/mol. The number of nitrogens with one attached hydrogen (secondary N) is 1. The summed E-state index contributed by atoms with van der Waals surface area (Å²) in [7, 11) is 1.61. The lowest BCUT2D eigenvalue weighted by Crippen LogP contribution is -2.07. The van der Waals surface area contributed by atoms with Crippen LogP contribution in [0.15, 0.2) is 29.1 Å². The van der Waals surface area contributed by atoms with Gasteiger partial charge < -0.3 is 9.72 Å². The van der Waals surface area contributed by atoms with Crippen molar-refractivity contribution >= 4 is 33.4 Å². The van der Waals surface area contributed by atoms with Crippen molar-refractivity contribution in [2.45, 2.75) is 0 Å². The third-order valence-corrected chi connectivity index (χ3v) is 2.60. The number of aromatic amines is 1. The second kappa shape index (κ2) is 3.61. The molecule has 0 atom stereocenters. The first-order chi connectivity index (χ1) is 6.70. The Morgan fingerprint density at radius 2 is 2.14 bits per heavy atom. The molecule has 4 heteroatoms. The van der Waals surface area contributed by atoms with Crippen molar-refractivity contribution in [2.24, 2.45) is 0 Å². The van der Waals surface area contributed by atoms with E-state index in [4.69, 9.17) is 4.74 Å². The molecule has 0 fully saturated rings. The molecule has 72 valence electrons. The van der Waals surface area contributed by atoms with Gasteiger partial charge in [-0.25, -0.2) is 0 Å². The maximum Gasteiger partial charge on any atom is 0.256 e. The zero-order chi connectivity index (χ0) is 10.1. The van der Waals surface area contributed by atoms with Gasteiger partial charge in [0.05, 0.1) is 10.8 Å². The van der Waals surface area contributed by atoms with Gasteiger partial charge >= 0.3 is 0 Å². The molecule has 0 unspecified atom stereocenters. The molecule has 0 aliphatic rings. The third-order valence-electron chi connectivity index (χ3n) is 2.02. The van der Waals surface area contributed by atoms with Crippen LogP contribution >= 0.6 is 22.6 Å². The Morgan fingerprint density at radius 1 is 1.36 bits per heavy atom. The molecule has 2 rings (SSSR count). The number of halogens is 1. The Hall–Kier alpha value is -1.04. The zero-order valence-corrected chi connectivity index (χ0v) is 9.66. The second-order valence-electron chi connectivity index (χ2n) is 2.90. The first-order valence-electron chi connectivity index (χ1n) is 4.07. The summed E-state index contributed by atoms with van der Waals surface area (Å²) in [5.74, 6) is 0.763. The number of fused-ring (bicyclic) bond motifs is 1. The summed E-state index contributed by atoms with van der Waals surface area (Å²) in [6.45, 7) is 0. The molecule has 0 amide bonds. The Labute approximate surface area is 94.2 Å². The lowest BCUT2D eigenvalue weighted by molar-refractivity contribution is 0.415. The van der Waals surface area contributed by atoms with Gasteiger partial charge in [-0.15, -0.1) is 0 Å². The van der Waals surface area contributed by atoms with Crippen LogP contribution in [0.3, 0.4) is 0 Å². The van der Waals surface area contributed by atoms with E-state index in [-0.39, 0.29) is 5.56 Å². The van der Waals surface area contributed by atoms with Gasteiger partial charge in [0.15, 0.2) is 0 Å². The van der Waals surface area contributed by atoms with E-state index in [9.17, 15) is 4.79 Å². The van der Waals surface area contributed by atoms with Gasteiger partial charge in [-0.05, 0) is 52.2 Å². The van der Waals surface area contributed by atoms with Crippen molar-refractivity contribution in [3.05, 3.63) is 38.3 Å². The van der Waals surface area contributed by atoms with E-state index < -0.39 is 0 Å². The lowest BCUT2D eigenvalue weighted by atomic mass is 10.2. The molecule has 0 radical (unpaired) electrons. The number of hydrogen-bond donors (Lipinski definition) is 1. The molecule has 14 heavy (non-hydrogen) atoms. The van der Waals surface area contributed by atoms with Gasteiger partial charge in [-0.3, -0.25) is 4.79 Å². The molecule has 0 bridgehead atoms. The summed E-state index contributed by atoms with van der Waals surface area (Å²) >= 11 is 2.08. The van der Waals surface area contributed by atoms with Crippen LogP contribution in [0.2, 0.25) is 0 Å². The molecule has 1 aromatic heterocycles. The van der Waals surface area contributed by atoms with Crippen LogP contribution in [0.1, 0.15) is 0 Å². The largest absolute Gasteiger partial charge is 0.497 e. The van der Waals surface area contributed by atoms with E-state index in [2.05, 4.69) is 27.6 Å². The van der Waals surface area contributed by atoms with Crippen molar-refractivity contribution in [1.82, 2.24) is 4.98 Å². The lowest BCUT2D eigenvalue weighted by Gasteiger charge is -2.01. The van der Waals surface area contributed by atoms with Gasteiger partial charge in [-0.1, -0.05) is 0 Å². The number of methoxy groups -OCH3 is 1. The van der Waals surface area contributed by atoms with Gasteiger partial charge in [0, 0.05) is 5.39 Å². The number of H-pyrrole nitrogens is 1. The summed E-state index contributed by atoms with van der Waals surface area (Å²) in [4.78, 5) is 14.2. The number of rotatable bonds is 1. The van der Waals surface area contributed by atoms with E-state index in [1.165, 1.54) is 0 Å². The van der Waals surface area contributed by atoms with Crippen LogP contribution in [-0.4, -0.2) is 12.1 Å².